The van der Waals surface area contributed by atoms with Gasteiger partial charge >= 0.3 is 0 Å². The Balaban J connectivity index is 1.32. The van der Waals surface area contributed by atoms with Crippen molar-refractivity contribution in [1.29, 1.82) is 0 Å². The maximum Gasteiger partial charge on any atom is 0.123 e. The minimum atomic E-state index is -0.155. The number of nitrogens with zero attached hydrogens (tertiary/aromatic N) is 1. The van der Waals surface area contributed by atoms with Crippen molar-refractivity contribution < 1.29 is 4.39 Å². The van der Waals surface area contributed by atoms with Gasteiger partial charge in [-0.2, -0.15) is 0 Å². The van der Waals surface area contributed by atoms with Gasteiger partial charge in [-0.3, -0.25) is 0 Å². The summed E-state index contributed by atoms with van der Waals surface area (Å²) < 4.78 is 13.0. The molecule has 5 heteroatoms. The van der Waals surface area contributed by atoms with Crippen LogP contribution in [-0.4, -0.2) is 31.1 Å². The summed E-state index contributed by atoms with van der Waals surface area (Å²) in [5, 5.41) is 4.57. The number of benzene rings is 2. The summed E-state index contributed by atoms with van der Waals surface area (Å²) in [5.74, 6) is 0.559. The summed E-state index contributed by atoms with van der Waals surface area (Å²) in [6.45, 7) is 4.34. The topological polar surface area (TPSA) is 15.3 Å². The Morgan fingerprint density at radius 1 is 1.00 bits per heavy atom. The van der Waals surface area contributed by atoms with Crippen LogP contribution in [0.3, 0.4) is 0 Å². The van der Waals surface area contributed by atoms with Crippen molar-refractivity contribution >= 4 is 28.9 Å². The van der Waals surface area contributed by atoms with E-state index in [1.54, 1.807) is 12.1 Å². The standard InChI is InChI=1S/C21H25Cl2FN2/c22-20-7-6-19(15-21(20)23)25-10-1-11-26-12-8-17(9-13-26)14-16-2-4-18(24)5-3-16/h2-7,15,17,25H,1,8-14H2. The van der Waals surface area contributed by atoms with Gasteiger partial charge in [0.15, 0.2) is 0 Å². The molecule has 140 valence electrons. The Bertz CT molecular complexity index is 698. The van der Waals surface area contributed by atoms with Gasteiger partial charge in [0.1, 0.15) is 5.82 Å². The molecule has 2 aromatic rings. The van der Waals surface area contributed by atoms with E-state index in [9.17, 15) is 4.39 Å². The molecule has 2 nitrogen and oxygen atoms in total. The monoisotopic (exact) mass is 394 g/mol. The quantitative estimate of drug-likeness (QED) is 0.588. The van der Waals surface area contributed by atoms with E-state index < -0.39 is 0 Å². The second kappa shape index (κ2) is 9.59. The van der Waals surface area contributed by atoms with Crippen molar-refractivity contribution in [2.24, 2.45) is 5.92 Å². The highest BCUT2D eigenvalue weighted by molar-refractivity contribution is 6.42. The number of hydrogen-bond acceptors (Lipinski definition) is 2. The molecule has 0 bridgehead atoms. The highest BCUT2D eigenvalue weighted by Gasteiger charge is 2.19. The van der Waals surface area contributed by atoms with Crippen molar-refractivity contribution in [1.82, 2.24) is 4.90 Å². The molecule has 1 aliphatic rings. The van der Waals surface area contributed by atoms with Crippen LogP contribution < -0.4 is 5.32 Å². The molecule has 0 aliphatic carbocycles. The zero-order valence-corrected chi connectivity index (χ0v) is 16.4. The second-order valence-corrected chi connectivity index (χ2v) is 7.84. The summed E-state index contributed by atoms with van der Waals surface area (Å²) in [6, 6.07) is 12.6. The van der Waals surface area contributed by atoms with Crippen LogP contribution in [0.2, 0.25) is 10.0 Å². The van der Waals surface area contributed by atoms with E-state index in [0.29, 0.717) is 16.0 Å². The third-order valence-corrected chi connectivity index (χ3v) is 5.78. The third-order valence-electron chi connectivity index (χ3n) is 5.04. The van der Waals surface area contributed by atoms with Gasteiger partial charge < -0.3 is 10.2 Å². The Labute approximate surface area is 165 Å². The number of rotatable bonds is 7. The maximum atomic E-state index is 13.0. The molecule has 3 rings (SSSR count). The number of anilines is 1. The van der Waals surface area contributed by atoms with Crippen LogP contribution in [0.25, 0.3) is 0 Å². The fraction of sp³-hybridized carbons (Fsp3) is 0.429. The van der Waals surface area contributed by atoms with E-state index in [1.807, 2.05) is 30.3 Å². The first kappa shape index (κ1) is 19.5. The van der Waals surface area contributed by atoms with Crippen molar-refractivity contribution in [3.8, 4) is 0 Å². The van der Waals surface area contributed by atoms with Crippen LogP contribution in [0, 0.1) is 11.7 Å². The second-order valence-electron chi connectivity index (χ2n) is 7.02. The van der Waals surface area contributed by atoms with Gasteiger partial charge in [0, 0.05) is 12.2 Å². The van der Waals surface area contributed by atoms with Crippen molar-refractivity contribution in [3.63, 3.8) is 0 Å². The van der Waals surface area contributed by atoms with E-state index >= 15 is 0 Å². The smallest absolute Gasteiger partial charge is 0.123 e. The molecule has 0 saturated carbocycles. The molecular formula is C21H25Cl2FN2. The molecule has 0 aromatic heterocycles. The largest absolute Gasteiger partial charge is 0.385 e. The van der Waals surface area contributed by atoms with Gasteiger partial charge in [-0.15, -0.1) is 0 Å². The normalized spacial score (nSPS) is 16.0. The van der Waals surface area contributed by atoms with Crippen molar-refractivity contribution in [2.45, 2.75) is 25.7 Å². The zero-order chi connectivity index (χ0) is 18.4. The van der Waals surface area contributed by atoms with Crippen LogP contribution in [0.4, 0.5) is 10.1 Å². The minimum Gasteiger partial charge on any atom is -0.385 e. The summed E-state index contributed by atoms with van der Waals surface area (Å²) >= 11 is 12.0. The number of halogens is 3. The lowest BCUT2D eigenvalue weighted by molar-refractivity contribution is 0.183. The molecule has 0 atom stereocenters. The van der Waals surface area contributed by atoms with Gasteiger partial charge in [-0.25, -0.2) is 4.39 Å². The Hall–Kier alpha value is -1.29. The summed E-state index contributed by atoms with van der Waals surface area (Å²) in [4.78, 5) is 2.54. The highest BCUT2D eigenvalue weighted by atomic mass is 35.5. The average molecular weight is 395 g/mol. The number of hydrogen-bond donors (Lipinski definition) is 1. The molecule has 0 amide bonds. The van der Waals surface area contributed by atoms with Crippen LogP contribution in [-0.2, 0) is 6.42 Å². The van der Waals surface area contributed by atoms with E-state index in [2.05, 4.69) is 10.2 Å². The molecule has 1 N–H and O–H groups in total. The van der Waals surface area contributed by atoms with Gasteiger partial charge in [-0.1, -0.05) is 35.3 Å². The summed E-state index contributed by atoms with van der Waals surface area (Å²) in [7, 11) is 0. The Morgan fingerprint density at radius 2 is 1.73 bits per heavy atom. The average Bonchev–Trinajstić information content (AvgIpc) is 2.65. The van der Waals surface area contributed by atoms with Gasteiger partial charge in [-0.05, 0) is 87.1 Å². The lowest BCUT2D eigenvalue weighted by atomic mass is 9.90. The lowest BCUT2D eigenvalue weighted by Crippen LogP contribution is -2.35. The highest BCUT2D eigenvalue weighted by Crippen LogP contribution is 2.25. The van der Waals surface area contributed by atoms with Crippen LogP contribution >= 0.6 is 23.2 Å². The first-order valence-electron chi connectivity index (χ1n) is 9.26. The van der Waals surface area contributed by atoms with Crippen LogP contribution in [0.5, 0.6) is 0 Å². The fourth-order valence-corrected chi connectivity index (χ4v) is 3.81. The fourth-order valence-electron chi connectivity index (χ4n) is 3.51. The molecule has 0 radical (unpaired) electrons. The third kappa shape index (κ3) is 5.87. The Morgan fingerprint density at radius 3 is 2.42 bits per heavy atom. The molecule has 26 heavy (non-hydrogen) atoms. The summed E-state index contributed by atoms with van der Waals surface area (Å²) in [6.07, 6.45) is 4.60. The van der Waals surface area contributed by atoms with Crippen LogP contribution in [0.15, 0.2) is 42.5 Å². The van der Waals surface area contributed by atoms with Gasteiger partial charge in [0.05, 0.1) is 10.0 Å². The zero-order valence-electron chi connectivity index (χ0n) is 14.9. The molecule has 1 aliphatic heterocycles. The molecule has 1 saturated heterocycles. The van der Waals surface area contributed by atoms with Crippen molar-refractivity contribution in [2.75, 3.05) is 31.5 Å². The number of piperidine rings is 1. The van der Waals surface area contributed by atoms with Gasteiger partial charge in [0.25, 0.3) is 0 Å². The molecule has 2 aromatic carbocycles. The number of nitrogens with one attached hydrogen (secondary N) is 1. The maximum absolute atomic E-state index is 13.0. The van der Waals surface area contributed by atoms with E-state index in [1.165, 1.54) is 18.4 Å². The molecule has 1 fully saturated rings. The lowest BCUT2D eigenvalue weighted by Gasteiger charge is -2.32. The summed E-state index contributed by atoms with van der Waals surface area (Å²) in [5.41, 5.74) is 2.26. The molecular weight excluding hydrogens is 370 g/mol. The van der Waals surface area contributed by atoms with Gasteiger partial charge in [0.2, 0.25) is 0 Å². The SMILES string of the molecule is Fc1ccc(CC2CCN(CCCNc3ccc(Cl)c(Cl)c3)CC2)cc1. The van der Waals surface area contributed by atoms with Crippen LogP contribution in [0.1, 0.15) is 24.8 Å². The molecule has 1 heterocycles. The van der Waals surface area contributed by atoms with Crippen molar-refractivity contribution in [3.05, 3.63) is 63.9 Å². The molecule has 0 spiro atoms. The van der Waals surface area contributed by atoms with E-state index in [-0.39, 0.29) is 5.82 Å². The first-order valence-corrected chi connectivity index (χ1v) is 10.0. The molecule has 0 unspecified atom stereocenters. The van der Waals surface area contributed by atoms with E-state index in [0.717, 1.165) is 44.7 Å². The Kier molecular flexibility index (Phi) is 7.18. The predicted octanol–water partition coefficient (Wildman–Crippen LogP) is 5.89. The minimum absolute atomic E-state index is 0.155. The van der Waals surface area contributed by atoms with E-state index in [4.69, 9.17) is 23.2 Å². The first-order chi connectivity index (χ1) is 12.6. The predicted molar refractivity (Wildman–Crippen MR) is 109 cm³/mol. The number of likely N-dealkylation sites (tertiary alicyclic amines) is 1.